The third kappa shape index (κ3) is 4.94. The van der Waals surface area contributed by atoms with Gasteiger partial charge in [-0.05, 0) is 62.9 Å². The van der Waals surface area contributed by atoms with Gasteiger partial charge < -0.3 is 15.5 Å². The van der Waals surface area contributed by atoms with Gasteiger partial charge in [0.1, 0.15) is 5.75 Å². The number of carbonyl (C=O) groups is 1. The Morgan fingerprint density at radius 2 is 2.22 bits per heavy atom. The van der Waals surface area contributed by atoms with E-state index >= 15 is 0 Å². The van der Waals surface area contributed by atoms with E-state index in [2.05, 4.69) is 10.2 Å². The summed E-state index contributed by atoms with van der Waals surface area (Å²) in [7, 11) is 0. The molecule has 128 valence electrons. The minimum absolute atomic E-state index is 0.0301. The van der Waals surface area contributed by atoms with E-state index in [9.17, 15) is 15.0 Å². The van der Waals surface area contributed by atoms with Gasteiger partial charge in [0.05, 0.1) is 12.2 Å². The smallest absolute Gasteiger partial charge is 0.255 e. The summed E-state index contributed by atoms with van der Waals surface area (Å²) in [5, 5.41) is 22.0. The maximum absolute atomic E-state index is 12.1. The second kappa shape index (κ2) is 8.89. The van der Waals surface area contributed by atoms with E-state index in [0.717, 1.165) is 50.8 Å². The van der Waals surface area contributed by atoms with Crippen molar-refractivity contribution in [3.05, 3.63) is 29.3 Å². The first-order valence-electron chi connectivity index (χ1n) is 8.60. The number of nitrogens with zero attached hydrogens (tertiary/aromatic N) is 1. The number of rotatable bonds is 8. The standard InChI is InChI=1S/C18H28N2O3/c1-2-14-7-8-17(22)16(12-14)18(23)19-9-3-4-10-20-11-5-6-15(20)13-21/h7-8,12,15,21-22H,2-6,9-11,13H2,1H3,(H,19,23). The van der Waals surface area contributed by atoms with Crippen molar-refractivity contribution < 1.29 is 15.0 Å². The highest BCUT2D eigenvalue weighted by Gasteiger charge is 2.22. The van der Waals surface area contributed by atoms with E-state index in [1.54, 1.807) is 12.1 Å². The molecule has 1 fully saturated rings. The third-order valence-corrected chi connectivity index (χ3v) is 4.58. The fourth-order valence-corrected chi connectivity index (χ4v) is 3.12. The molecule has 0 bridgehead atoms. The van der Waals surface area contributed by atoms with Gasteiger partial charge in [-0.15, -0.1) is 0 Å². The maximum Gasteiger partial charge on any atom is 0.255 e. The average molecular weight is 320 g/mol. The third-order valence-electron chi connectivity index (χ3n) is 4.58. The molecule has 1 aromatic rings. The van der Waals surface area contributed by atoms with Crippen LogP contribution in [-0.2, 0) is 6.42 Å². The van der Waals surface area contributed by atoms with Crippen LogP contribution in [0.5, 0.6) is 5.75 Å². The summed E-state index contributed by atoms with van der Waals surface area (Å²) in [6.45, 7) is 4.90. The summed E-state index contributed by atoms with van der Waals surface area (Å²) in [4.78, 5) is 14.5. The number of hydrogen-bond acceptors (Lipinski definition) is 4. The highest BCUT2D eigenvalue weighted by Crippen LogP contribution is 2.19. The number of aliphatic hydroxyl groups excluding tert-OH is 1. The van der Waals surface area contributed by atoms with Gasteiger partial charge in [-0.3, -0.25) is 9.69 Å². The van der Waals surface area contributed by atoms with Crippen LogP contribution < -0.4 is 5.32 Å². The molecule has 3 N–H and O–H groups in total. The highest BCUT2D eigenvalue weighted by molar-refractivity contribution is 5.96. The number of phenols is 1. The molecule has 1 aliphatic heterocycles. The van der Waals surface area contributed by atoms with Gasteiger partial charge in [0.15, 0.2) is 0 Å². The topological polar surface area (TPSA) is 72.8 Å². The zero-order valence-electron chi connectivity index (χ0n) is 13.9. The Bertz CT molecular complexity index is 519. The minimum atomic E-state index is -0.216. The quantitative estimate of drug-likeness (QED) is 0.640. The molecule has 0 spiro atoms. The van der Waals surface area contributed by atoms with Crippen LogP contribution in [0.4, 0.5) is 0 Å². The first-order valence-corrected chi connectivity index (χ1v) is 8.60. The lowest BCUT2D eigenvalue weighted by Crippen LogP contribution is -2.33. The number of benzene rings is 1. The van der Waals surface area contributed by atoms with Gasteiger partial charge in [-0.1, -0.05) is 13.0 Å². The Labute approximate surface area is 138 Å². The summed E-state index contributed by atoms with van der Waals surface area (Å²) in [6.07, 6.45) is 4.98. The van der Waals surface area contributed by atoms with E-state index < -0.39 is 0 Å². The average Bonchev–Trinajstić information content (AvgIpc) is 3.02. The Hall–Kier alpha value is -1.59. The second-order valence-corrected chi connectivity index (χ2v) is 6.18. The van der Waals surface area contributed by atoms with E-state index in [1.807, 2.05) is 13.0 Å². The van der Waals surface area contributed by atoms with Crippen molar-refractivity contribution in [2.75, 3.05) is 26.2 Å². The zero-order valence-corrected chi connectivity index (χ0v) is 13.9. The van der Waals surface area contributed by atoms with E-state index in [0.29, 0.717) is 18.2 Å². The van der Waals surface area contributed by atoms with Gasteiger partial charge in [0.25, 0.3) is 5.91 Å². The number of aliphatic hydroxyl groups is 1. The highest BCUT2D eigenvalue weighted by atomic mass is 16.3. The Kier molecular flexibility index (Phi) is 6.86. The number of carbonyl (C=O) groups excluding carboxylic acids is 1. The van der Waals surface area contributed by atoms with Crippen LogP contribution in [0.3, 0.4) is 0 Å². The fourth-order valence-electron chi connectivity index (χ4n) is 3.12. The number of phenolic OH excluding ortho intramolecular Hbond substituents is 1. The van der Waals surface area contributed by atoms with Crippen molar-refractivity contribution in [2.24, 2.45) is 0 Å². The van der Waals surface area contributed by atoms with Gasteiger partial charge in [0, 0.05) is 12.6 Å². The van der Waals surface area contributed by atoms with Crippen molar-refractivity contribution in [2.45, 2.75) is 45.1 Å². The fraction of sp³-hybridized carbons (Fsp3) is 0.611. The molecular weight excluding hydrogens is 292 g/mol. The number of unbranched alkanes of at least 4 members (excludes halogenated alkanes) is 1. The summed E-state index contributed by atoms with van der Waals surface area (Å²) in [6, 6.07) is 5.48. The monoisotopic (exact) mass is 320 g/mol. The van der Waals surface area contributed by atoms with Crippen LogP contribution in [0.2, 0.25) is 0 Å². The van der Waals surface area contributed by atoms with Crippen molar-refractivity contribution in [3.63, 3.8) is 0 Å². The summed E-state index contributed by atoms with van der Waals surface area (Å²) < 4.78 is 0. The number of hydrogen-bond donors (Lipinski definition) is 3. The Morgan fingerprint density at radius 1 is 1.39 bits per heavy atom. The van der Waals surface area contributed by atoms with Crippen molar-refractivity contribution in [3.8, 4) is 5.75 Å². The minimum Gasteiger partial charge on any atom is -0.507 e. The molecule has 5 nitrogen and oxygen atoms in total. The molecular formula is C18H28N2O3. The van der Waals surface area contributed by atoms with Crippen molar-refractivity contribution in [1.82, 2.24) is 10.2 Å². The molecule has 0 aliphatic carbocycles. The summed E-state index contributed by atoms with van der Waals surface area (Å²) in [5.41, 5.74) is 1.39. The lowest BCUT2D eigenvalue weighted by molar-refractivity contribution is 0.0949. The second-order valence-electron chi connectivity index (χ2n) is 6.18. The van der Waals surface area contributed by atoms with Crippen LogP contribution >= 0.6 is 0 Å². The molecule has 0 radical (unpaired) electrons. The van der Waals surface area contributed by atoms with Gasteiger partial charge in [-0.25, -0.2) is 0 Å². The molecule has 5 heteroatoms. The van der Waals surface area contributed by atoms with Gasteiger partial charge in [-0.2, -0.15) is 0 Å². The van der Waals surface area contributed by atoms with Crippen LogP contribution in [0.15, 0.2) is 18.2 Å². The molecule has 1 heterocycles. The molecule has 1 aliphatic rings. The predicted molar refractivity (Wildman–Crippen MR) is 90.7 cm³/mol. The van der Waals surface area contributed by atoms with Crippen LogP contribution in [0.1, 0.15) is 48.5 Å². The molecule has 23 heavy (non-hydrogen) atoms. The first kappa shape index (κ1) is 17.8. The number of aromatic hydroxyl groups is 1. The normalized spacial score (nSPS) is 18.3. The van der Waals surface area contributed by atoms with Crippen LogP contribution in [0.25, 0.3) is 0 Å². The number of aryl methyl sites for hydroxylation is 1. The lowest BCUT2D eigenvalue weighted by Gasteiger charge is -2.22. The molecule has 1 atom stereocenters. The lowest BCUT2D eigenvalue weighted by atomic mass is 10.1. The molecule has 1 amide bonds. The molecule has 1 saturated heterocycles. The molecule has 0 saturated carbocycles. The predicted octanol–water partition coefficient (Wildman–Crippen LogP) is 1.92. The van der Waals surface area contributed by atoms with E-state index in [-0.39, 0.29) is 18.3 Å². The Morgan fingerprint density at radius 3 is 2.96 bits per heavy atom. The largest absolute Gasteiger partial charge is 0.507 e. The molecule has 1 aromatic carbocycles. The maximum atomic E-state index is 12.1. The van der Waals surface area contributed by atoms with E-state index in [4.69, 9.17) is 0 Å². The number of likely N-dealkylation sites (tertiary alicyclic amines) is 1. The summed E-state index contributed by atoms with van der Waals surface area (Å²) in [5.74, 6) is -0.185. The van der Waals surface area contributed by atoms with Crippen molar-refractivity contribution >= 4 is 5.91 Å². The first-order chi connectivity index (χ1) is 11.2. The number of nitrogens with one attached hydrogen (secondary N) is 1. The Balaban J connectivity index is 1.71. The van der Waals surface area contributed by atoms with Gasteiger partial charge in [0.2, 0.25) is 0 Å². The SMILES string of the molecule is CCc1ccc(O)c(C(=O)NCCCCN2CCCC2CO)c1. The van der Waals surface area contributed by atoms with E-state index in [1.165, 1.54) is 0 Å². The van der Waals surface area contributed by atoms with Crippen LogP contribution in [0, 0.1) is 0 Å². The van der Waals surface area contributed by atoms with Crippen molar-refractivity contribution in [1.29, 1.82) is 0 Å². The zero-order chi connectivity index (χ0) is 16.7. The summed E-state index contributed by atoms with van der Waals surface area (Å²) >= 11 is 0. The van der Waals surface area contributed by atoms with Crippen LogP contribution in [-0.4, -0.2) is 53.3 Å². The molecule has 2 rings (SSSR count). The van der Waals surface area contributed by atoms with Gasteiger partial charge >= 0.3 is 0 Å². The molecule has 1 unspecified atom stereocenters. The number of amides is 1. The molecule has 0 aromatic heterocycles.